The largest absolute Gasteiger partial charge is 0.307 e. The van der Waals surface area contributed by atoms with Crippen LogP contribution in [0.4, 0.5) is 0 Å². The number of carbonyl (C=O) groups is 1. The summed E-state index contributed by atoms with van der Waals surface area (Å²) in [5.74, 6) is 3.92. The Morgan fingerprint density at radius 1 is 1.60 bits per heavy atom. The molecule has 0 aromatic rings. The van der Waals surface area contributed by atoms with Crippen LogP contribution in [-0.2, 0) is 4.79 Å². The molecule has 4 heteroatoms. The van der Waals surface area contributed by atoms with Crippen molar-refractivity contribution in [2.24, 2.45) is 11.1 Å². The van der Waals surface area contributed by atoms with Crippen molar-refractivity contribution in [3.05, 3.63) is 4.91 Å². The molecule has 0 rings (SSSR count). The van der Waals surface area contributed by atoms with Crippen molar-refractivity contribution in [1.82, 2.24) is 0 Å². The van der Waals surface area contributed by atoms with E-state index in [-0.39, 0.29) is 0 Å². The Bertz CT molecular complexity index is 21.6. The van der Waals surface area contributed by atoms with E-state index < -0.39 is 0 Å². The van der Waals surface area contributed by atoms with Crippen LogP contribution in [0.3, 0.4) is 0 Å². The fourth-order valence-corrected chi connectivity index (χ4v) is 0. The van der Waals surface area contributed by atoms with Gasteiger partial charge in [0, 0.05) is 5.29 Å². The lowest BCUT2D eigenvalue weighted by Crippen LogP contribution is -1.66. The minimum absolute atomic E-state index is 1.75. The zero-order valence-electron chi connectivity index (χ0n) is 2.55. The second-order valence-electron chi connectivity index (χ2n) is 0.105. The van der Waals surface area contributed by atoms with Gasteiger partial charge in [-0.05, 0) is 0 Å². The molecule has 0 radical (unpaired) electrons. The van der Waals surface area contributed by atoms with Gasteiger partial charge in [-0.1, -0.05) is 0 Å². The SMILES string of the molecule is C=O.NN=O. The van der Waals surface area contributed by atoms with Crippen molar-refractivity contribution in [2.45, 2.75) is 0 Å². The molecule has 4 nitrogen and oxygen atoms in total. The van der Waals surface area contributed by atoms with Crippen LogP contribution in [0.25, 0.3) is 0 Å². The van der Waals surface area contributed by atoms with E-state index in [0.717, 1.165) is 0 Å². The zero-order chi connectivity index (χ0) is 4.71. The Morgan fingerprint density at radius 3 is 1.60 bits per heavy atom. The molecule has 0 spiro atoms. The van der Waals surface area contributed by atoms with Gasteiger partial charge < -0.3 is 4.79 Å². The van der Waals surface area contributed by atoms with Crippen LogP contribution in [0.5, 0.6) is 0 Å². The van der Waals surface area contributed by atoms with Gasteiger partial charge in [0.2, 0.25) is 0 Å². The van der Waals surface area contributed by atoms with E-state index >= 15 is 0 Å². The lowest BCUT2D eigenvalue weighted by molar-refractivity contribution is -0.0979. The topological polar surface area (TPSA) is 72.5 Å². The first-order valence-electron chi connectivity index (χ1n) is 0.729. The third-order valence-corrected chi connectivity index (χ3v) is 0. The summed E-state index contributed by atoms with van der Waals surface area (Å²) in [6.07, 6.45) is 0. The summed E-state index contributed by atoms with van der Waals surface area (Å²) in [5, 5.41) is 1.75. The van der Waals surface area contributed by atoms with Crippen LogP contribution < -0.4 is 5.84 Å². The van der Waals surface area contributed by atoms with Crippen LogP contribution in [0.2, 0.25) is 0 Å². The van der Waals surface area contributed by atoms with E-state index in [0.29, 0.717) is 0 Å². The van der Waals surface area contributed by atoms with Crippen LogP contribution >= 0.6 is 0 Å². The van der Waals surface area contributed by atoms with E-state index in [1.54, 1.807) is 5.29 Å². The number of hydrogen-bond donors (Lipinski definition) is 1. The summed E-state index contributed by atoms with van der Waals surface area (Å²) in [5.41, 5.74) is 0. The monoisotopic (exact) mass is 76.0 g/mol. The maximum atomic E-state index is 8.33. The Balaban J connectivity index is 0. The molecule has 0 heterocycles. The molecular weight excluding hydrogens is 72.0 g/mol. The van der Waals surface area contributed by atoms with Gasteiger partial charge in [0.1, 0.15) is 6.79 Å². The predicted molar refractivity (Wildman–Crippen MR) is 17.1 cm³/mol. The summed E-state index contributed by atoms with van der Waals surface area (Å²) in [6.45, 7) is 2.00. The highest BCUT2D eigenvalue weighted by Gasteiger charge is 1.14. The van der Waals surface area contributed by atoms with E-state index in [2.05, 4.69) is 5.84 Å². The van der Waals surface area contributed by atoms with Crippen LogP contribution in [-0.4, -0.2) is 6.79 Å². The molecule has 0 bridgehead atoms. The van der Waals surface area contributed by atoms with E-state index in [9.17, 15) is 0 Å². The minimum Gasteiger partial charge on any atom is -0.307 e. The number of nitroso groups, excluding NO2 is 1. The maximum absolute atomic E-state index is 8.33. The van der Waals surface area contributed by atoms with Crippen LogP contribution in [0, 0.1) is 4.91 Å². The van der Waals surface area contributed by atoms with Gasteiger partial charge in [0.25, 0.3) is 0 Å². The standard InChI is InChI=1S/CH2O.H2N2O/c1-2;1-2-3/h1H2;(H2,1,3). The lowest BCUT2D eigenvalue weighted by Gasteiger charge is -1.33. The first-order valence-corrected chi connectivity index (χ1v) is 0.729. The minimum atomic E-state index is 1.75. The Hall–Kier alpha value is -0.930. The molecule has 0 amide bonds. The summed E-state index contributed by atoms with van der Waals surface area (Å²) >= 11 is 0. The lowest BCUT2D eigenvalue weighted by atomic mass is 11.9. The number of nitrogens with zero attached hydrogens (tertiary/aromatic N) is 1. The molecule has 0 saturated carbocycles. The fraction of sp³-hybridized carbons (Fsp3) is 0. The van der Waals surface area contributed by atoms with Gasteiger partial charge in [-0.2, -0.15) is 0 Å². The molecule has 0 unspecified atom stereocenters. The second-order valence-corrected chi connectivity index (χ2v) is 0.105. The second kappa shape index (κ2) is 2680. The van der Waals surface area contributed by atoms with E-state index in [4.69, 9.17) is 9.70 Å². The van der Waals surface area contributed by atoms with Crippen molar-refractivity contribution >= 4 is 6.79 Å². The summed E-state index contributed by atoms with van der Waals surface area (Å²) < 4.78 is 0. The van der Waals surface area contributed by atoms with Crippen molar-refractivity contribution in [2.75, 3.05) is 0 Å². The molecule has 0 aliphatic carbocycles. The van der Waals surface area contributed by atoms with Gasteiger partial charge >= 0.3 is 0 Å². The highest BCUT2D eigenvalue weighted by molar-refractivity contribution is 5.10. The van der Waals surface area contributed by atoms with Crippen LogP contribution in [0.15, 0.2) is 5.29 Å². The number of rotatable bonds is 0. The smallest absolute Gasteiger partial charge is 0.106 e. The molecule has 2 N–H and O–H groups in total. The zero-order valence-corrected chi connectivity index (χ0v) is 2.55. The van der Waals surface area contributed by atoms with Gasteiger partial charge in [-0.25, -0.2) is 0 Å². The summed E-state index contributed by atoms with van der Waals surface area (Å²) in [4.78, 5) is 16.3. The Morgan fingerprint density at radius 2 is 1.60 bits per heavy atom. The van der Waals surface area contributed by atoms with E-state index in [1.165, 1.54) is 0 Å². The molecule has 0 aliphatic heterocycles. The Kier molecular flexibility index (Phi) is 4810. The van der Waals surface area contributed by atoms with Gasteiger partial charge in [-0.3, -0.25) is 5.84 Å². The third kappa shape index (κ3) is 4.06. The average molecular weight is 76.1 g/mol. The summed E-state index contributed by atoms with van der Waals surface area (Å²) in [7, 11) is 0. The Labute approximate surface area is 28.9 Å². The van der Waals surface area contributed by atoms with Gasteiger partial charge in [0.15, 0.2) is 0 Å². The average Bonchev–Trinajstić information content (AvgIpc) is 1.46. The van der Waals surface area contributed by atoms with Crippen LogP contribution in [0.1, 0.15) is 0 Å². The van der Waals surface area contributed by atoms with Gasteiger partial charge in [-0.15, -0.1) is 4.91 Å². The number of hydrogen-bond acceptors (Lipinski definition) is 3. The third-order valence-electron chi connectivity index (χ3n) is 0. The number of nitrogens with two attached hydrogens (primary N) is 1. The molecule has 0 atom stereocenters. The quantitative estimate of drug-likeness (QED) is 0.239. The molecule has 5 heavy (non-hydrogen) atoms. The van der Waals surface area contributed by atoms with Crippen molar-refractivity contribution < 1.29 is 4.79 Å². The molecule has 0 aromatic carbocycles. The molecule has 0 aromatic heterocycles. The summed E-state index contributed by atoms with van der Waals surface area (Å²) in [6, 6.07) is 0. The molecule has 0 fully saturated rings. The maximum Gasteiger partial charge on any atom is 0.106 e. The number of carbonyl (C=O) groups excluding carboxylic acids is 1. The highest BCUT2D eigenvalue weighted by atomic mass is 16.3. The van der Waals surface area contributed by atoms with Crippen molar-refractivity contribution in [1.29, 1.82) is 0 Å². The van der Waals surface area contributed by atoms with Crippen molar-refractivity contribution in [3.8, 4) is 0 Å². The molecule has 0 aliphatic rings. The van der Waals surface area contributed by atoms with E-state index in [1.807, 2.05) is 6.79 Å². The first kappa shape index (κ1) is 8.95. The predicted octanol–water partition coefficient (Wildman–Crippen LogP) is -0.558. The highest BCUT2D eigenvalue weighted by Crippen LogP contribution is 1.12. The fourth-order valence-electron chi connectivity index (χ4n) is 0. The first-order chi connectivity index (χ1) is 2.41. The molecular formula is CH4N2O2. The molecule has 0 saturated heterocycles. The molecule has 30 valence electrons. The van der Waals surface area contributed by atoms with Crippen molar-refractivity contribution in [3.63, 3.8) is 0 Å². The van der Waals surface area contributed by atoms with Gasteiger partial charge in [0.05, 0.1) is 0 Å². The normalized spacial score (nSPS) is 3.20.